The Morgan fingerprint density at radius 1 is 1.55 bits per heavy atom. The van der Waals surface area contributed by atoms with Crippen LogP contribution in [-0.4, -0.2) is 58.2 Å². The highest BCUT2D eigenvalue weighted by molar-refractivity contribution is 5.44. The molecule has 1 fully saturated rings. The Kier molecular flexibility index (Phi) is 4.51. The summed E-state index contributed by atoms with van der Waals surface area (Å²) in [6.07, 6.45) is 0.968. The van der Waals surface area contributed by atoms with E-state index in [1.807, 2.05) is 0 Å². The van der Waals surface area contributed by atoms with Crippen molar-refractivity contribution >= 4 is 11.5 Å². The summed E-state index contributed by atoms with van der Waals surface area (Å²) in [5.74, 6) is 0.764. The standard InChI is InChI=1S/C13H20N4O3/c1-10-8-15(9-11(2)18)5-6-16(10)13-4-3-12(7-14-13)17(19)20/h3-4,7,10-11,18H,5-6,8-9H2,1-2H3. The van der Waals surface area contributed by atoms with Gasteiger partial charge in [0.05, 0.1) is 11.0 Å². The highest BCUT2D eigenvalue weighted by Crippen LogP contribution is 2.20. The molecule has 1 N–H and O–H groups in total. The number of aromatic nitrogens is 1. The van der Waals surface area contributed by atoms with Gasteiger partial charge in [-0.1, -0.05) is 0 Å². The van der Waals surface area contributed by atoms with Crippen molar-refractivity contribution in [3.05, 3.63) is 28.4 Å². The molecule has 2 unspecified atom stereocenters. The second-order valence-corrected chi connectivity index (χ2v) is 5.28. The number of hydrogen-bond donors (Lipinski definition) is 1. The lowest BCUT2D eigenvalue weighted by atomic mass is 10.1. The maximum atomic E-state index is 10.6. The molecule has 0 spiro atoms. The first-order chi connectivity index (χ1) is 9.47. The molecular weight excluding hydrogens is 260 g/mol. The average Bonchev–Trinajstić information content (AvgIpc) is 2.38. The van der Waals surface area contributed by atoms with Crippen LogP contribution in [-0.2, 0) is 0 Å². The molecule has 110 valence electrons. The number of hydrogen-bond acceptors (Lipinski definition) is 6. The first-order valence-electron chi connectivity index (χ1n) is 6.75. The molecule has 1 saturated heterocycles. The Bertz CT molecular complexity index is 463. The van der Waals surface area contributed by atoms with E-state index in [0.29, 0.717) is 6.54 Å². The van der Waals surface area contributed by atoms with Gasteiger partial charge in [0.1, 0.15) is 12.0 Å². The van der Waals surface area contributed by atoms with Crippen LogP contribution in [0.2, 0.25) is 0 Å². The maximum Gasteiger partial charge on any atom is 0.287 e. The number of nitrogens with zero attached hydrogens (tertiary/aromatic N) is 4. The van der Waals surface area contributed by atoms with Gasteiger partial charge in [-0.2, -0.15) is 0 Å². The molecule has 0 saturated carbocycles. The van der Waals surface area contributed by atoms with Crippen molar-refractivity contribution in [3.63, 3.8) is 0 Å². The molecule has 1 aromatic rings. The van der Waals surface area contributed by atoms with E-state index < -0.39 is 4.92 Å². The fourth-order valence-electron chi connectivity index (χ4n) is 2.57. The second kappa shape index (κ2) is 6.15. The van der Waals surface area contributed by atoms with Crippen LogP contribution in [0.1, 0.15) is 13.8 Å². The largest absolute Gasteiger partial charge is 0.392 e. The molecule has 1 aliphatic heterocycles. The number of pyridine rings is 1. The summed E-state index contributed by atoms with van der Waals surface area (Å²) < 4.78 is 0. The third-order valence-electron chi connectivity index (χ3n) is 3.47. The van der Waals surface area contributed by atoms with Crippen LogP contribution >= 0.6 is 0 Å². The first-order valence-corrected chi connectivity index (χ1v) is 6.75. The van der Waals surface area contributed by atoms with E-state index in [1.165, 1.54) is 12.3 Å². The summed E-state index contributed by atoms with van der Waals surface area (Å²) in [4.78, 5) is 18.7. The van der Waals surface area contributed by atoms with Crippen LogP contribution in [0.4, 0.5) is 11.5 Å². The smallest absolute Gasteiger partial charge is 0.287 e. The molecule has 7 nitrogen and oxygen atoms in total. The quantitative estimate of drug-likeness (QED) is 0.651. The number of nitro groups is 1. The predicted octanol–water partition coefficient (Wildman–Crippen LogP) is 0.881. The fraction of sp³-hybridized carbons (Fsp3) is 0.615. The maximum absolute atomic E-state index is 10.6. The van der Waals surface area contributed by atoms with E-state index in [1.54, 1.807) is 13.0 Å². The van der Waals surface area contributed by atoms with Gasteiger partial charge in [0, 0.05) is 38.3 Å². The molecule has 2 heterocycles. The van der Waals surface area contributed by atoms with Gasteiger partial charge in [0.25, 0.3) is 5.69 Å². The van der Waals surface area contributed by atoms with E-state index in [0.717, 1.165) is 25.5 Å². The lowest BCUT2D eigenvalue weighted by Gasteiger charge is -2.40. The first kappa shape index (κ1) is 14.7. The van der Waals surface area contributed by atoms with Gasteiger partial charge in [-0.15, -0.1) is 0 Å². The molecule has 1 aromatic heterocycles. The molecule has 7 heteroatoms. The Hall–Kier alpha value is -1.73. The monoisotopic (exact) mass is 280 g/mol. The van der Waals surface area contributed by atoms with Crippen LogP contribution in [0.5, 0.6) is 0 Å². The minimum absolute atomic E-state index is 0.00847. The van der Waals surface area contributed by atoms with E-state index in [-0.39, 0.29) is 17.8 Å². The topological polar surface area (TPSA) is 82.7 Å². The fourth-order valence-corrected chi connectivity index (χ4v) is 2.57. The van der Waals surface area contributed by atoms with Crippen LogP contribution in [0, 0.1) is 10.1 Å². The van der Waals surface area contributed by atoms with Gasteiger partial charge < -0.3 is 10.0 Å². The van der Waals surface area contributed by atoms with Crippen molar-refractivity contribution in [2.24, 2.45) is 0 Å². The van der Waals surface area contributed by atoms with Gasteiger partial charge in [-0.05, 0) is 19.9 Å². The summed E-state index contributed by atoms with van der Waals surface area (Å²) >= 11 is 0. The molecule has 0 radical (unpaired) electrons. The minimum atomic E-state index is -0.444. The zero-order chi connectivity index (χ0) is 14.7. The predicted molar refractivity (Wildman–Crippen MR) is 75.8 cm³/mol. The number of rotatable bonds is 4. The summed E-state index contributed by atoms with van der Waals surface area (Å²) in [5.41, 5.74) is 0.00847. The average molecular weight is 280 g/mol. The molecular formula is C13H20N4O3. The summed E-state index contributed by atoms with van der Waals surface area (Å²) in [6.45, 7) is 7.06. The number of aliphatic hydroxyl groups excluding tert-OH is 1. The number of piperazine rings is 1. The van der Waals surface area contributed by atoms with Crippen LogP contribution in [0.15, 0.2) is 18.3 Å². The van der Waals surface area contributed by atoms with Crippen molar-refractivity contribution in [1.29, 1.82) is 0 Å². The third kappa shape index (κ3) is 3.43. The van der Waals surface area contributed by atoms with E-state index in [4.69, 9.17) is 0 Å². The van der Waals surface area contributed by atoms with E-state index in [9.17, 15) is 15.2 Å². The molecule has 1 aliphatic rings. The van der Waals surface area contributed by atoms with Crippen molar-refractivity contribution in [2.45, 2.75) is 26.0 Å². The lowest BCUT2D eigenvalue weighted by molar-refractivity contribution is -0.385. The molecule has 2 rings (SSSR count). The zero-order valence-corrected chi connectivity index (χ0v) is 11.8. The van der Waals surface area contributed by atoms with Gasteiger partial charge in [0.2, 0.25) is 0 Å². The highest BCUT2D eigenvalue weighted by Gasteiger charge is 2.25. The molecule has 0 aliphatic carbocycles. The number of β-amino-alcohol motifs (C(OH)–C–C–N with tert-alkyl or cyclic N) is 1. The SMILES string of the molecule is CC(O)CN1CCN(c2ccc([N+](=O)[O-])cn2)C(C)C1. The second-order valence-electron chi connectivity index (χ2n) is 5.28. The van der Waals surface area contributed by atoms with Gasteiger partial charge >= 0.3 is 0 Å². The van der Waals surface area contributed by atoms with Crippen LogP contribution in [0.25, 0.3) is 0 Å². The summed E-state index contributed by atoms with van der Waals surface area (Å²) in [5, 5.41) is 20.0. The van der Waals surface area contributed by atoms with Crippen LogP contribution in [0.3, 0.4) is 0 Å². The Morgan fingerprint density at radius 2 is 2.30 bits per heavy atom. The summed E-state index contributed by atoms with van der Waals surface area (Å²) in [6, 6.07) is 3.44. The van der Waals surface area contributed by atoms with Crippen molar-refractivity contribution in [3.8, 4) is 0 Å². The van der Waals surface area contributed by atoms with E-state index >= 15 is 0 Å². The minimum Gasteiger partial charge on any atom is -0.392 e. The van der Waals surface area contributed by atoms with Gasteiger partial charge in [-0.3, -0.25) is 15.0 Å². The van der Waals surface area contributed by atoms with Gasteiger partial charge in [-0.25, -0.2) is 4.98 Å². The van der Waals surface area contributed by atoms with Crippen molar-refractivity contribution < 1.29 is 10.0 Å². The molecule has 20 heavy (non-hydrogen) atoms. The summed E-state index contributed by atoms with van der Waals surface area (Å²) in [7, 11) is 0. The lowest BCUT2D eigenvalue weighted by Crippen LogP contribution is -2.53. The Balaban J connectivity index is 2.01. The molecule has 0 aromatic carbocycles. The van der Waals surface area contributed by atoms with E-state index in [2.05, 4.69) is 21.7 Å². The molecule has 0 bridgehead atoms. The normalized spacial score (nSPS) is 21.8. The number of aliphatic hydroxyl groups is 1. The van der Waals surface area contributed by atoms with Gasteiger partial charge in [0.15, 0.2) is 0 Å². The Morgan fingerprint density at radius 3 is 2.80 bits per heavy atom. The Labute approximate surface area is 118 Å². The third-order valence-corrected chi connectivity index (χ3v) is 3.47. The highest BCUT2D eigenvalue weighted by atomic mass is 16.6. The molecule has 0 amide bonds. The molecule has 2 atom stereocenters. The number of anilines is 1. The van der Waals surface area contributed by atoms with Crippen LogP contribution < -0.4 is 4.90 Å². The van der Waals surface area contributed by atoms with Crippen molar-refractivity contribution in [1.82, 2.24) is 9.88 Å². The zero-order valence-electron chi connectivity index (χ0n) is 11.8. The van der Waals surface area contributed by atoms with Crippen molar-refractivity contribution in [2.75, 3.05) is 31.1 Å².